The molecule has 2 atom stereocenters. The maximum atomic E-state index is 9.37. The number of halogens is 1. The van der Waals surface area contributed by atoms with E-state index in [1.54, 1.807) is 0 Å². The Bertz CT molecular complexity index is 459. The van der Waals surface area contributed by atoms with Crippen LogP contribution in [0, 0.1) is 19.8 Å². The highest BCUT2D eigenvalue weighted by molar-refractivity contribution is 6.31. The van der Waals surface area contributed by atoms with E-state index in [9.17, 15) is 5.11 Å². The number of aliphatic hydroxyl groups is 1. The molecule has 1 aromatic rings. The fourth-order valence-corrected chi connectivity index (χ4v) is 2.99. The Morgan fingerprint density at radius 2 is 2.05 bits per heavy atom. The number of hydrogen-bond donors (Lipinski definition) is 2. The molecule has 2 unspecified atom stereocenters. The minimum absolute atomic E-state index is 0.109. The van der Waals surface area contributed by atoms with Gasteiger partial charge < -0.3 is 15.6 Å². The topological polar surface area (TPSA) is 55.5 Å². The molecule has 120 valence electrons. The van der Waals surface area contributed by atoms with Crippen LogP contribution in [-0.2, 0) is 0 Å². The smallest absolute Gasteiger partial charge is 0.126 e. The molecule has 0 saturated heterocycles. The van der Waals surface area contributed by atoms with Crippen LogP contribution in [0.4, 0.5) is 0 Å². The Kier molecular flexibility index (Phi) is 7.50. The minimum atomic E-state index is 0.109. The third kappa shape index (κ3) is 4.60. The summed E-state index contributed by atoms with van der Waals surface area (Å²) >= 11 is 6.34. The van der Waals surface area contributed by atoms with Gasteiger partial charge in [0.15, 0.2) is 0 Å². The number of benzene rings is 1. The fourth-order valence-electron chi connectivity index (χ4n) is 2.73. The van der Waals surface area contributed by atoms with Crippen LogP contribution in [0.1, 0.15) is 49.3 Å². The molecule has 0 amide bonds. The summed E-state index contributed by atoms with van der Waals surface area (Å²) in [7, 11) is 0. The third-order valence-electron chi connectivity index (χ3n) is 3.93. The van der Waals surface area contributed by atoms with Crippen molar-refractivity contribution in [2.45, 2.75) is 46.5 Å². The van der Waals surface area contributed by atoms with E-state index in [1.165, 1.54) is 0 Å². The second kappa shape index (κ2) is 8.62. The van der Waals surface area contributed by atoms with Crippen LogP contribution in [0.2, 0.25) is 5.02 Å². The van der Waals surface area contributed by atoms with Gasteiger partial charge in [0, 0.05) is 17.2 Å². The lowest BCUT2D eigenvalue weighted by molar-refractivity contribution is 0.216. The lowest BCUT2D eigenvalue weighted by Crippen LogP contribution is -2.20. The van der Waals surface area contributed by atoms with Crippen molar-refractivity contribution in [1.82, 2.24) is 0 Å². The van der Waals surface area contributed by atoms with Crippen LogP contribution < -0.4 is 10.5 Å². The van der Waals surface area contributed by atoms with E-state index in [0.29, 0.717) is 13.2 Å². The van der Waals surface area contributed by atoms with Crippen LogP contribution >= 0.6 is 11.6 Å². The van der Waals surface area contributed by atoms with Gasteiger partial charge in [-0.1, -0.05) is 25.4 Å². The molecule has 0 aliphatic carbocycles. The summed E-state index contributed by atoms with van der Waals surface area (Å²) in [5.41, 5.74) is 8.99. The van der Waals surface area contributed by atoms with Crippen LogP contribution in [0.5, 0.6) is 5.75 Å². The van der Waals surface area contributed by atoms with Crippen molar-refractivity contribution in [1.29, 1.82) is 0 Å². The van der Waals surface area contributed by atoms with Gasteiger partial charge >= 0.3 is 0 Å². The average molecular weight is 314 g/mol. The second-order valence-electron chi connectivity index (χ2n) is 5.81. The van der Waals surface area contributed by atoms with E-state index in [0.717, 1.165) is 40.3 Å². The molecule has 0 fully saturated rings. The average Bonchev–Trinajstić information content (AvgIpc) is 2.46. The van der Waals surface area contributed by atoms with Crippen LogP contribution in [-0.4, -0.2) is 24.9 Å². The Hall–Kier alpha value is -0.770. The molecule has 1 aromatic carbocycles. The highest BCUT2D eigenvalue weighted by Gasteiger charge is 2.21. The van der Waals surface area contributed by atoms with Gasteiger partial charge in [-0.3, -0.25) is 0 Å². The third-order valence-corrected chi connectivity index (χ3v) is 4.32. The maximum Gasteiger partial charge on any atom is 0.126 e. The minimum Gasteiger partial charge on any atom is -0.493 e. The number of ether oxygens (including phenoxy) is 1. The fraction of sp³-hybridized carbons (Fsp3) is 0.647. The van der Waals surface area contributed by atoms with Crippen molar-refractivity contribution in [2.24, 2.45) is 11.7 Å². The van der Waals surface area contributed by atoms with E-state index in [4.69, 9.17) is 22.1 Å². The summed E-state index contributed by atoms with van der Waals surface area (Å²) in [6.07, 6.45) is 1.80. The van der Waals surface area contributed by atoms with Crippen molar-refractivity contribution in [3.8, 4) is 5.75 Å². The molecule has 0 aliphatic rings. The van der Waals surface area contributed by atoms with Gasteiger partial charge in [-0.25, -0.2) is 0 Å². The number of nitrogens with two attached hydrogens (primary N) is 1. The van der Waals surface area contributed by atoms with Gasteiger partial charge in [0.25, 0.3) is 0 Å². The quantitative estimate of drug-likeness (QED) is 0.767. The van der Waals surface area contributed by atoms with Crippen LogP contribution in [0.25, 0.3) is 0 Å². The summed E-state index contributed by atoms with van der Waals surface area (Å²) in [5.74, 6) is 1.30. The van der Waals surface area contributed by atoms with Gasteiger partial charge in [-0.2, -0.15) is 0 Å². The molecule has 21 heavy (non-hydrogen) atoms. The van der Waals surface area contributed by atoms with Crippen molar-refractivity contribution < 1.29 is 9.84 Å². The molecular weight excluding hydrogens is 286 g/mol. The highest BCUT2D eigenvalue weighted by atomic mass is 35.5. The molecule has 0 aromatic heterocycles. The van der Waals surface area contributed by atoms with E-state index in [1.807, 2.05) is 19.9 Å². The Balaban J connectivity index is 3.17. The van der Waals surface area contributed by atoms with Gasteiger partial charge in [-0.15, -0.1) is 0 Å². The molecule has 3 nitrogen and oxygen atoms in total. The van der Waals surface area contributed by atoms with Crippen molar-refractivity contribution in [3.63, 3.8) is 0 Å². The Morgan fingerprint density at radius 3 is 2.57 bits per heavy atom. The number of aryl methyl sites for hydroxylation is 1. The van der Waals surface area contributed by atoms with E-state index in [2.05, 4.69) is 13.8 Å². The molecule has 0 bridgehead atoms. The predicted octanol–water partition coefficient (Wildman–Crippen LogP) is 3.81. The zero-order valence-electron chi connectivity index (χ0n) is 13.6. The first kappa shape index (κ1) is 18.3. The van der Waals surface area contributed by atoms with E-state index < -0.39 is 0 Å². The van der Waals surface area contributed by atoms with Gasteiger partial charge in [0.05, 0.1) is 6.61 Å². The largest absolute Gasteiger partial charge is 0.493 e. The van der Waals surface area contributed by atoms with Crippen LogP contribution in [0.3, 0.4) is 0 Å². The molecule has 0 heterocycles. The van der Waals surface area contributed by atoms with Crippen molar-refractivity contribution in [3.05, 3.63) is 27.8 Å². The number of hydrogen-bond acceptors (Lipinski definition) is 3. The monoisotopic (exact) mass is 313 g/mol. The summed E-state index contributed by atoms with van der Waals surface area (Å²) in [5, 5.41) is 10.1. The lowest BCUT2D eigenvalue weighted by atomic mass is 9.86. The maximum absolute atomic E-state index is 9.37. The van der Waals surface area contributed by atoms with Gasteiger partial charge in [-0.05, 0) is 62.3 Å². The molecule has 0 aliphatic heterocycles. The molecule has 0 spiro atoms. The summed E-state index contributed by atoms with van der Waals surface area (Å²) in [4.78, 5) is 0. The van der Waals surface area contributed by atoms with Crippen LogP contribution in [0.15, 0.2) is 6.07 Å². The predicted molar refractivity (Wildman–Crippen MR) is 89.4 cm³/mol. The zero-order chi connectivity index (χ0) is 16.0. The highest BCUT2D eigenvalue weighted by Crippen LogP contribution is 2.39. The summed E-state index contributed by atoms with van der Waals surface area (Å²) in [6.45, 7) is 9.60. The Labute approximate surface area is 133 Å². The molecule has 1 rings (SSSR count). The molecule has 0 radical (unpaired) electrons. The first-order chi connectivity index (χ1) is 9.96. The van der Waals surface area contributed by atoms with Gasteiger partial charge in [0.2, 0.25) is 0 Å². The zero-order valence-corrected chi connectivity index (χ0v) is 14.3. The summed E-state index contributed by atoms with van der Waals surface area (Å²) in [6, 6.07) is 1.96. The van der Waals surface area contributed by atoms with Gasteiger partial charge in [0.1, 0.15) is 5.75 Å². The number of rotatable bonds is 8. The molecular formula is C17H28ClNO2. The SMILES string of the molecule is CCCOc1c(C)cc(Cl)c(C)c1C(C)CC(CN)CO. The standard InChI is InChI=1S/C17H28ClNO2/c1-5-6-21-17-12(3)8-15(18)13(4)16(17)11(2)7-14(9-19)10-20/h8,11,14,20H,5-7,9-10,19H2,1-4H3. The first-order valence-electron chi connectivity index (χ1n) is 7.69. The second-order valence-corrected chi connectivity index (χ2v) is 6.22. The summed E-state index contributed by atoms with van der Waals surface area (Å²) < 4.78 is 5.97. The number of aliphatic hydroxyl groups excluding tert-OH is 1. The lowest BCUT2D eigenvalue weighted by Gasteiger charge is -2.24. The Morgan fingerprint density at radius 1 is 1.38 bits per heavy atom. The van der Waals surface area contributed by atoms with Crippen molar-refractivity contribution in [2.75, 3.05) is 19.8 Å². The molecule has 0 saturated carbocycles. The van der Waals surface area contributed by atoms with E-state index in [-0.39, 0.29) is 18.4 Å². The van der Waals surface area contributed by atoms with Crippen molar-refractivity contribution >= 4 is 11.6 Å². The van der Waals surface area contributed by atoms with E-state index >= 15 is 0 Å². The molecule has 3 N–H and O–H groups in total. The first-order valence-corrected chi connectivity index (χ1v) is 8.07. The normalized spacial score (nSPS) is 14.0. The molecule has 4 heteroatoms.